The third-order valence-electron chi connectivity index (χ3n) is 3.41. The summed E-state index contributed by atoms with van der Waals surface area (Å²) in [5.74, 6) is -0.949. The number of carbonyl (C=O) groups excluding carboxylic acids is 1. The highest BCUT2D eigenvalue weighted by molar-refractivity contribution is 7.13. The maximum absolute atomic E-state index is 11.8. The highest BCUT2D eigenvalue weighted by Gasteiger charge is 2.39. The molecule has 0 radical (unpaired) electrons. The van der Waals surface area contributed by atoms with Crippen molar-refractivity contribution >= 4 is 23.2 Å². The highest BCUT2D eigenvalue weighted by Crippen LogP contribution is 2.43. The van der Waals surface area contributed by atoms with Gasteiger partial charge in [0.2, 0.25) is 0 Å². The Hall–Kier alpha value is -1.43. The smallest absolute Gasteiger partial charge is 0.303 e. The summed E-state index contributed by atoms with van der Waals surface area (Å²) in [6, 6.07) is 0. The van der Waals surface area contributed by atoms with Crippen molar-refractivity contribution in [3.63, 3.8) is 0 Å². The number of carboxylic acids is 1. The van der Waals surface area contributed by atoms with Crippen LogP contribution in [0.1, 0.15) is 40.4 Å². The second-order valence-corrected chi connectivity index (χ2v) is 6.09. The first-order valence-electron chi connectivity index (χ1n) is 5.93. The molecule has 1 heterocycles. The molecule has 1 aliphatic rings. The number of aromatic nitrogens is 1. The van der Waals surface area contributed by atoms with Crippen molar-refractivity contribution in [3.05, 3.63) is 16.1 Å². The fraction of sp³-hybridized carbons (Fsp3) is 0.583. The van der Waals surface area contributed by atoms with Gasteiger partial charge in [0.1, 0.15) is 4.88 Å². The zero-order chi connectivity index (χ0) is 13.2. The van der Waals surface area contributed by atoms with E-state index in [-0.39, 0.29) is 17.7 Å². The predicted molar refractivity (Wildman–Crippen MR) is 67.7 cm³/mol. The fourth-order valence-corrected chi connectivity index (χ4v) is 2.93. The van der Waals surface area contributed by atoms with Gasteiger partial charge >= 0.3 is 5.97 Å². The first-order valence-corrected chi connectivity index (χ1v) is 6.75. The van der Waals surface area contributed by atoms with Crippen molar-refractivity contribution in [2.24, 2.45) is 5.41 Å². The third kappa shape index (κ3) is 2.87. The Morgan fingerprint density at radius 1 is 1.56 bits per heavy atom. The molecular weight excluding hydrogens is 252 g/mol. The number of amides is 1. The average molecular weight is 268 g/mol. The number of thiazole rings is 1. The Bertz CT molecular complexity index is 466. The van der Waals surface area contributed by atoms with Crippen molar-refractivity contribution in [1.82, 2.24) is 10.3 Å². The Kier molecular flexibility index (Phi) is 3.65. The van der Waals surface area contributed by atoms with E-state index >= 15 is 0 Å². The molecule has 1 aromatic heterocycles. The molecule has 1 aliphatic carbocycles. The van der Waals surface area contributed by atoms with E-state index < -0.39 is 5.97 Å². The van der Waals surface area contributed by atoms with Crippen LogP contribution in [-0.4, -0.2) is 28.5 Å². The van der Waals surface area contributed by atoms with Gasteiger partial charge in [-0.1, -0.05) is 6.42 Å². The molecular formula is C12H16N2O3S. The van der Waals surface area contributed by atoms with E-state index in [9.17, 15) is 9.59 Å². The van der Waals surface area contributed by atoms with Gasteiger partial charge in [0, 0.05) is 6.54 Å². The molecule has 2 rings (SSSR count). The van der Waals surface area contributed by atoms with E-state index in [0.717, 1.165) is 24.3 Å². The van der Waals surface area contributed by atoms with E-state index in [2.05, 4.69) is 10.3 Å². The van der Waals surface area contributed by atoms with Gasteiger partial charge in [-0.3, -0.25) is 9.59 Å². The predicted octanol–water partition coefficient (Wildman–Crippen LogP) is 1.83. The van der Waals surface area contributed by atoms with E-state index in [1.54, 1.807) is 6.20 Å². The molecule has 6 heteroatoms. The minimum absolute atomic E-state index is 0.134. The molecule has 0 saturated heterocycles. The van der Waals surface area contributed by atoms with Crippen LogP contribution in [0.15, 0.2) is 6.20 Å². The summed E-state index contributed by atoms with van der Waals surface area (Å²) in [5, 5.41) is 12.6. The molecule has 0 aromatic carbocycles. The summed E-state index contributed by atoms with van der Waals surface area (Å²) in [6.07, 6.45) is 4.49. The van der Waals surface area contributed by atoms with Gasteiger partial charge in [-0.25, -0.2) is 4.98 Å². The summed E-state index contributed by atoms with van der Waals surface area (Å²) in [5.41, 5.74) is -0.235. The minimum atomic E-state index is -0.794. The van der Waals surface area contributed by atoms with Crippen molar-refractivity contribution in [3.8, 4) is 0 Å². The van der Waals surface area contributed by atoms with Crippen molar-refractivity contribution in [2.45, 2.75) is 32.6 Å². The average Bonchev–Trinajstić information content (AvgIpc) is 2.68. The summed E-state index contributed by atoms with van der Waals surface area (Å²) in [4.78, 5) is 27.3. The zero-order valence-corrected chi connectivity index (χ0v) is 11.0. The number of aryl methyl sites for hydroxylation is 1. The van der Waals surface area contributed by atoms with Crippen LogP contribution >= 0.6 is 11.3 Å². The van der Waals surface area contributed by atoms with Gasteiger partial charge in [-0.2, -0.15) is 0 Å². The first-order chi connectivity index (χ1) is 8.51. The lowest BCUT2D eigenvalue weighted by Gasteiger charge is -2.40. The van der Waals surface area contributed by atoms with E-state index in [4.69, 9.17) is 5.11 Å². The third-order valence-corrected chi connectivity index (χ3v) is 4.32. The molecule has 18 heavy (non-hydrogen) atoms. The molecule has 0 bridgehead atoms. The zero-order valence-electron chi connectivity index (χ0n) is 10.2. The maximum Gasteiger partial charge on any atom is 0.303 e. The number of carboxylic acid groups (broad SMARTS) is 1. The van der Waals surface area contributed by atoms with Gasteiger partial charge in [0.05, 0.1) is 17.6 Å². The molecule has 98 valence electrons. The number of rotatable bonds is 5. The lowest BCUT2D eigenvalue weighted by molar-refractivity contribution is -0.141. The standard InChI is InChI=1S/C12H16N2O3S/c1-8-13-6-9(18-8)11(17)14-7-12(3-2-4-12)5-10(15)16/h6H,2-5,7H2,1H3,(H,14,17)(H,15,16). The van der Waals surface area contributed by atoms with Crippen LogP contribution in [0.25, 0.3) is 0 Å². The SMILES string of the molecule is Cc1ncc(C(=O)NCC2(CC(=O)O)CCC2)s1. The molecule has 1 saturated carbocycles. The molecule has 0 unspecified atom stereocenters. The lowest BCUT2D eigenvalue weighted by atomic mass is 9.66. The second-order valence-electron chi connectivity index (χ2n) is 4.85. The minimum Gasteiger partial charge on any atom is -0.481 e. The number of aliphatic carboxylic acids is 1. The summed E-state index contributed by atoms with van der Waals surface area (Å²) < 4.78 is 0. The van der Waals surface area contributed by atoms with Crippen molar-refractivity contribution in [1.29, 1.82) is 0 Å². The fourth-order valence-electron chi connectivity index (χ4n) is 2.23. The second kappa shape index (κ2) is 5.06. The van der Waals surface area contributed by atoms with Crippen LogP contribution in [0, 0.1) is 12.3 Å². The number of hydrogen-bond donors (Lipinski definition) is 2. The van der Waals surface area contributed by atoms with Crippen LogP contribution < -0.4 is 5.32 Å². The maximum atomic E-state index is 11.8. The highest BCUT2D eigenvalue weighted by atomic mass is 32.1. The molecule has 1 fully saturated rings. The Morgan fingerprint density at radius 2 is 2.28 bits per heavy atom. The topological polar surface area (TPSA) is 79.3 Å². The van der Waals surface area contributed by atoms with Gasteiger partial charge in [-0.05, 0) is 25.2 Å². The van der Waals surface area contributed by atoms with E-state index in [1.807, 2.05) is 6.92 Å². The number of nitrogens with one attached hydrogen (secondary N) is 1. The van der Waals surface area contributed by atoms with Crippen LogP contribution in [-0.2, 0) is 4.79 Å². The van der Waals surface area contributed by atoms with E-state index in [1.165, 1.54) is 11.3 Å². The van der Waals surface area contributed by atoms with Gasteiger partial charge in [0.15, 0.2) is 0 Å². The van der Waals surface area contributed by atoms with Crippen LogP contribution in [0.2, 0.25) is 0 Å². The number of hydrogen-bond acceptors (Lipinski definition) is 4. The largest absolute Gasteiger partial charge is 0.481 e. The summed E-state index contributed by atoms with van der Waals surface area (Å²) in [7, 11) is 0. The molecule has 0 aliphatic heterocycles. The van der Waals surface area contributed by atoms with Crippen LogP contribution in [0.5, 0.6) is 0 Å². The molecule has 0 atom stereocenters. The van der Waals surface area contributed by atoms with Gasteiger partial charge < -0.3 is 10.4 Å². The van der Waals surface area contributed by atoms with Crippen LogP contribution in [0.4, 0.5) is 0 Å². The first kappa shape index (κ1) is 13.0. The van der Waals surface area contributed by atoms with Gasteiger partial charge in [-0.15, -0.1) is 11.3 Å². The Labute approximate surface area is 109 Å². The monoisotopic (exact) mass is 268 g/mol. The summed E-state index contributed by atoms with van der Waals surface area (Å²) in [6.45, 7) is 2.29. The molecule has 1 aromatic rings. The molecule has 2 N–H and O–H groups in total. The Balaban J connectivity index is 1.90. The van der Waals surface area contributed by atoms with Gasteiger partial charge in [0.25, 0.3) is 5.91 Å². The lowest BCUT2D eigenvalue weighted by Crippen LogP contribution is -2.43. The van der Waals surface area contributed by atoms with E-state index in [0.29, 0.717) is 11.4 Å². The number of carbonyl (C=O) groups is 2. The Morgan fingerprint density at radius 3 is 2.72 bits per heavy atom. The summed E-state index contributed by atoms with van der Waals surface area (Å²) >= 11 is 1.35. The molecule has 0 spiro atoms. The molecule has 5 nitrogen and oxygen atoms in total. The van der Waals surface area contributed by atoms with Crippen LogP contribution in [0.3, 0.4) is 0 Å². The van der Waals surface area contributed by atoms with Crippen molar-refractivity contribution < 1.29 is 14.7 Å². The number of nitrogens with zero attached hydrogens (tertiary/aromatic N) is 1. The van der Waals surface area contributed by atoms with Crippen molar-refractivity contribution in [2.75, 3.05) is 6.54 Å². The normalized spacial score (nSPS) is 16.9. The molecule has 1 amide bonds. The quantitative estimate of drug-likeness (QED) is 0.853.